The van der Waals surface area contributed by atoms with Gasteiger partial charge in [0.1, 0.15) is 18.4 Å². The number of nitrogens with one attached hydrogen (secondary N) is 2. The van der Waals surface area contributed by atoms with Crippen molar-refractivity contribution in [3.05, 3.63) is 88.5 Å². The summed E-state index contributed by atoms with van der Waals surface area (Å²) in [5, 5.41) is 14.7. The maximum atomic E-state index is 13.4. The van der Waals surface area contributed by atoms with Crippen LogP contribution in [0.4, 0.5) is 19.1 Å². The zero-order valence-electron chi connectivity index (χ0n) is 34.0. The van der Waals surface area contributed by atoms with Crippen molar-refractivity contribution in [3.8, 4) is 5.75 Å². The number of hydrogen-bond acceptors (Lipinski definition) is 11. The Balaban J connectivity index is 0.00000595. The third kappa shape index (κ3) is 10.1. The smallest absolute Gasteiger partial charge is 0.416 e. The van der Waals surface area contributed by atoms with Gasteiger partial charge in [-0.15, -0.1) is 0 Å². The van der Waals surface area contributed by atoms with E-state index < -0.39 is 47.3 Å². The molecule has 3 fully saturated rings. The predicted octanol–water partition coefficient (Wildman–Crippen LogP) is 5.28. The Morgan fingerprint density at radius 3 is 2.33 bits per heavy atom. The van der Waals surface area contributed by atoms with E-state index in [2.05, 4.69) is 26.5 Å². The minimum atomic E-state index is -4.58. The number of piperidine rings is 1. The fourth-order valence-corrected chi connectivity index (χ4v) is 8.78. The molecule has 1 unspecified atom stereocenters. The van der Waals surface area contributed by atoms with Gasteiger partial charge in [0.15, 0.2) is 0 Å². The molecule has 63 heavy (non-hydrogen) atoms. The van der Waals surface area contributed by atoms with Crippen LogP contribution in [0.5, 0.6) is 5.75 Å². The average Bonchev–Trinajstić information content (AvgIpc) is 3.74. The summed E-state index contributed by atoms with van der Waals surface area (Å²) >= 11 is 0. The van der Waals surface area contributed by atoms with Crippen LogP contribution in [0.25, 0.3) is 11.0 Å². The number of aromatic nitrogens is 2. The summed E-state index contributed by atoms with van der Waals surface area (Å²) in [6, 6.07) is 13.9. The van der Waals surface area contributed by atoms with Gasteiger partial charge in [0.2, 0.25) is 17.8 Å². The SMILES string of the molecule is C.O=C1CCC(N2C(=O)c3ccc(OCCOCCN4CCN(Cc5ccc6c(c5)nc(NC(=O)c5cccc(C(F)(F)F)c5)n6C5CCC(CO)CC5)CC4)cc3C2=O)C(=O)N1. The van der Waals surface area contributed by atoms with Gasteiger partial charge in [-0.1, -0.05) is 19.6 Å². The Labute approximate surface area is 362 Å². The first-order valence-electron chi connectivity index (χ1n) is 21.0. The van der Waals surface area contributed by atoms with Gasteiger partial charge in [0.05, 0.1) is 40.9 Å². The van der Waals surface area contributed by atoms with Crippen LogP contribution < -0.4 is 15.4 Å². The number of ether oxygens (including phenoxy) is 2. The lowest BCUT2D eigenvalue weighted by molar-refractivity contribution is -0.138. The second-order valence-corrected chi connectivity index (χ2v) is 16.3. The summed E-state index contributed by atoms with van der Waals surface area (Å²) in [6.07, 6.45) is -1.28. The van der Waals surface area contributed by atoms with Crippen molar-refractivity contribution in [1.29, 1.82) is 0 Å². The van der Waals surface area contributed by atoms with Crippen LogP contribution in [0, 0.1) is 5.92 Å². The largest absolute Gasteiger partial charge is 0.491 e. The van der Waals surface area contributed by atoms with Crippen LogP contribution in [-0.4, -0.2) is 124 Å². The second kappa shape index (κ2) is 19.4. The molecule has 4 aliphatic rings. The number of fused-ring (bicyclic) bond motifs is 2. The molecule has 1 aliphatic carbocycles. The van der Waals surface area contributed by atoms with Gasteiger partial charge in [-0.3, -0.25) is 49.3 Å². The molecule has 1 saturated carbocycles. The van der Waals surface area contributed by atoms with E-state index in [4.69, 9.17) is 14.5 Å². The highest BCUT2D eigenvalue weighted by atomic mass is 19.4. The number of aliphatic hydroxyl groups is 1. The molecule has 3 N–H and O–H groups in total. The van der Waals surface area contributed by atoms with E-state index in [-0.39, 0.29) is 68.1 Å². The topological polar surface area (TPSA) is 176 Å². The summed E-state index contributed by atoms with van der Waals surface area (Å²) in [6.45, 7) is 5.93. The van der Waals surface area contributed by atoms with Crippen LogP contribution in [0.1, 0.15) is 94.2 Å². The summed E-state index contributed by atoms with van der Waals surface area (Å²) in [7, 11) is 0. The summed E-state index contributed by atoms with van der Waals surface area (Å²) in [5.74, 6) is -2.06. The number of aliphatic hydroxyl groups excluding tert-OH is 1. The Hall–Kier alpha value is -5.69. The molecule has 4 heterocycles. The molecule has 336 valence electrons. The van der Waals surface area contributed by atoms with E-state index in [1.807, 2.05) is 16.7 Å². The van der Waals surface area contributed by atoms with E-state index >= 15 is 0 Å². The van der Waals surface area contributed by atoms with E-state index in [9.17, 15) is 42.3 Å². The molecule has 0 bridgehead atoms. The number of benzene rings is 3. The lowest BCUT2D eigenvalue weighted by Gasteiger charge is -2.34. The molecule has 8 rings (SSSR count). The third-order valence-corrected chi connectivity index (χ3v) is 12.2. The maximum Gasteiger partial charge on any atom is 0.416 e. The molecule has 15 nitrogen and oxygen atoms in total. The van der Waals surface area contributed by atoms with Crippen molar-refractivity contribution in [1.82, 2.24) is 29.6 Å². The van der Waals surface area contributed by atoms with Gasteiger partial charge >= 0.3 is 6.18 Å². The maximum absolute atomic E-state index is 13.4. The second-order valence-electron chi connectivity index (χ2n) is 16.3. The van der Waals surface area contributed by atoms with Crippen LogP contribution in [-0.2, 0) is 27.0 Å². The highest BCUT2D eigenvalue weighted by molar-refractivity contribution is 6.23. The minimum Gasteiger partial charge on any atom is -0.491 e. The molecule has 1 atom stereocenters. The number of rotatable bonds is 14. The zero-order chi connectivity index (χ0) is 43.5. The monoisotopic (exact) mass is 875 g/mol. The number of carbonyl (C=O) groups is 5. The van der Waals surface area contributed by atoms with Crippen LogP contribution >= 0.6 is 0 Å². The number of anilines is 1. The highest BCUT2D eigenvalue weighted by Gasteiger charge is 2.45. The Kier molecular flexibility index (Phi) is 13.9. The number of hydrogen-bond donors (Lipinski definition) is 3. The van der Waals surface area contributed by atoms with E-state index in [1.54, 1.807) is 6.07 Å². The first-order valence-corrected chi connectivity index (χ1v) is 21.0. The molecule has 2 saturated heterocycles. The van der Waals surface area contributed by atoms with Crippen molar-refractivity contribution in [3.63, 3.8) is 0 Å². The van der Waals surface area contributed by atoms with Gasteiger partial charge in [0, 0.05) is 63.9 Å². The lowest BCUT2D eigenvalue weighted by Crippen LogP contribution is -2.54. The van der Waals surface area contributed by atoms with Crippen molar-refractivity contribution < 1.29 is 51.7 Å². The molecular weight excluding hydrogens is 824 g/mol. The van der Waals surface area contributed by atoms with Gasteiger partial charge in [0.25, 0.3) is 17.7 Å². The van der Waals surface area contributed by atoms with Gasteiger partial charge in [-0.25, -0.2) is 4.98 Å². The minimum absolute atomic E-state index is 0. The number of piperazine rings is 1. The number of halogens is 3. The highest BCUT2D eigenvalue weighted by Crippen LogP contribution is 2.37. The van der Waals surface area contributed by atoms with E-state index in [0.29, 0.717) is 31.0 Å². The Morgan fingerprint density at radius 1 is 0.857 bits per heavy atom. The van der Waals surface area contributed by atoms with Gasteiger partial charge in [-0.05, 0) is 92.1 Å². The molecule has 5 amide bonds. The van der Waals surface area contributed by atoms with Crippen molar-refractivity contribution in [2.75, 3.05) is 64.5 Å². The van der Waals surface area contributed by atoms with Gasteiger partial charge < -0.3 is 19.1 Å². The fourth-order valence-electron chi connectivity index (χ4n) is 8.78. The van der Waals surface area contributed by atoms with Gasteiger partial charge in [-0.2, -0.15) is 13.2 Å². The van der Waals surface area contributed by atoms with E-state index in [0.717, 1.165) is 86.5 Å². The number of alkyl halides is 3. The Bertz CT molecular complexity index is 2350. The zero-order valence-corrected chi connectivity index (χ0v) is 34.0. The van der Waals surface area contributed by atoms with Crippen LogP contribution in [0.15, 0.2) is 60.7 Å². The average molecular weight is 876 g/mol. The normalized spacial score (nSPS) is 21.0. The molecule has 18 heteroatoms. The molecule has 3 aliphatic heterocycles. The van der Waals surface area contributed by atoms with Crippen LogP contribution in [0.3, 0.4) is 0 Å². The lowest BCUT2D eigenvalue weighted by atomic mass is 9.86. The number of nitrogens with zero attached hydrogens (tertiary/aromatic N) is 5. The third-order valence-electron chi connectivity index (χ3n) is 12.2. The predicted molar refractivity (Wildman–Crippen MR) is 225 cm³/mol. The van der Waals surface area contributed by atoms with Crippen molar-refractivity contribution >= 4 is 46.5 Å². The summed E-state index contributed by atoms with van der Waals surface area (Å²) in [5.41, 5.74) is 1.87. The molecule has 0 radical (unpaired) electrons. The fraction of sp³-hybridized carbons (Fsp3) is 0.467. The number of imide groups is 2. The molecule has 4 aromatic rings. The molecular formula is C45H52F3N7O8. The van der Waals surface area contributed by atoms with Crippen molar-refractivity contribution in [2.45, 2.75) is 70.8 Å². The van der Waals surface area contributed by atoms with Crippen molar-refractivity contribution in [2.24, 2.45) is 5.92 Å². The Morgan fingerprint density at radius 2 is 1.60 bits per heavy atom. The summed E-state index contributed by atoms with van der Waals surface area (Å²) in [4.78, 5) is 73.6. The van der Waals surface area contributed by atoms with Crippen LogP contribution in [0.2, 0.25) is 0 Å². The first kappa shape index (κ1) is 45.3. The summed E-state index contributed by atoms with van der Waals surface area (Å²) < 4.78 is 53.9. The molecule has 1 aromatic heterocycles. The quantitative estimate of drug-likeness (QED) is 0.111. The standard InChI is InChI=1S/C44H48F3N7O8.CH4/c45-44(46,47)30-3-1-2-29(23-30)39(57)50-43-48-35-22-28(6-11-36(35)53(43)31-7-4-27(26-55)5-8-31)25-52-16-14-51(15-17-52)18-19-61-20-21-62-32-9-10-33-34(24-32)42(60)54(41(33)59)37-12-13-38(56)49-40(37)58;/h1-3,6,9-11,22-24,27,31,37,55H,4-5,7-8,12-21,25-26H2,(H,48,50,57)(H,49,56,58);1H4. The van der Waals surface area contributed by atoms with E-state index in [1.165, 1.54) is 24.3 Å². The number of carbonyl (C=O) groups excluding carboxylic acids is 5. The molecule has 3 aromatic carbocycles. The molecule has 0 spiro atoms. The first-order chi connectivity index (χ1) is 29.9. The number of amides is 5. The number of imidazole rings is 1.